The Labute approximate surface area is 137 Å². The van der Waals surface area contributed by atoms with E-state index in [4.69, 9.17) is 23.7 Å². The topological polar surface area (TPSA) is 114 Å². The highest BCUT2D eigenvalue weighted by Crippen LogP contribution is 2.29. The quantitative estimate of drug-likeness (QED) is 0.500. The maximum atomic E-state index is 14.5. The predicted molar refractivity (Wildman–Crippen MR) is 73.1 cm³/mol. The van der Waals surface area contributed by atoms with Crippen molar-refractivity contribution >= 4 is 23.9 Å². The van der Waals surface area contributed by atoms with Crippen molar-refractivity contribution in [3.63, 3.8) is 0 Å². The third kappa shape index (κ3) is 5.76. The first-order chi connectivity index (χ1) is 11.1. The summed E-state index contributed by atoms with van der Waals surface area (Å²) in [6.45, 7) is 3.86. The summed E-state index contributed by atoms with van der Waals surface area (Å²) in [5.74, 6) is -3.11. The lowest BCUT2D eigenvalue weighted by molar-refractivity contribution is -0.284. The highest BCUT2D eigenvalue weighted by Gasteiger charge is 2.52. The number of rotatable bonds is 5. The number of ether oxygens (including phenoxy) is 5. The summed E-state index contributed by atoms with van der Waals surface area (Å²) < 4.78 is 39.0. The first kappa shape index (κ1) is 19.8. The van der Waals surface area contributed by atoms with E-state index in [0.717, 1.165) is 27.7 Å². The number of alkyl halides is 1. The molecule has 1 fully saturated rings. The van der Waals surface area contributed by atoms with E-state index < -0.39 is 61.3 Å². The minimum Gasteiger partial charge on any atom is -0.463 e. The zero-order valence-corrected chi connectivity index (χ0v) is 13.6. The molecule has 9 nitrogen and oxygen atoms in total. The van der Waals surface area contributed by atoms with E-state index in [2.05, 4.69) is 0 Å². The SMILES string of the molecule is CC(=O)OC[C@H]1OC(OC(C)=O)[C@@H](F)[C@H](OC(C)=O)[C@@H]1OC(C)=O. The molecule has 1 aliphatic heterocycles. The molecule has 1 rings (SSSR count). The molecular weight excluding hydrogens is 331 g/mol. The van der Waals surface area contributed by atoms with Gasteiger partial charge in [-0.15, -0.1) is 0 Å². The molecule has 24 heavy (non-hydrogen) atoms. The molecular formula is C14H19FO9. The van der Waals surface area contributed by atoms with Crippen LogP contribution >= 0.6 is 0 Å². The number of hydrogen-bond acceptors (Lipinski definition) is 9. The second-order valence-electron chi connectivity index (χ2n) is 5.05. The van der Waals surface area contributed by atoms with Crippen molar-refractivity contribution in [3.8, 4) is 0 Å². The summed E-state index contributed by atoms with van der Waals surface area (Å²) in [6.07, 6.45) is -7.98. The van der Waals surface area contributed by atoms with Gasteiger partial charge >= 0.3 is 23.9 Å². The lowest BCUT2D eigenvalue weighted by Gasteiger charge is -2.41. The van der Waals surface area contributed by atoms with Gasteiger partial charge in [0.1, 0.15) is 12.7 Å². The molecule has 1 heterocycles. The molecule has 0 aliphatic carbocycles. The average Bonchev–Trinajstić information content (AvgIpc) is 2.42. The molecule has 0 amide bonds. The molecule has 0 spiro atoms. The van der Waals surface area contributed by atoms with Crippen LogP contribution in [0, 0.1) is 0 Å². The average molecular weight is 350 g/mol. The third-order valence-electron chi connectivity index (χ3n) is 2.91. The molecule has 0 aromatic heterocycles. The molecule has 0 bridgehead atoms. The van der Waals surface area contributed by atoms with Gasteiger partial charge in [-0.05, 0) is 0 Å². The number of carbonyl (C=O) groups is 4. The zero-order chi connectivity index (χ0) is 18.4. The molecule has 1 unspecified atom stereocenters. The number of halogens is 1. The van der Waals surface area contributed by atoms with Crippen LogP contribution in [0.3, 0.4) is 0 Å². The van der Waals surface area contributed by atoms with E-state index in [1.807, 2.05) is 0 Å². The van der Waals surface area contributed by atoms with Crippen molar-refractivity contribution in [3.05, 3.63) is 0 Å². The van der Waals surface area contributed by atoms with Gasteiger partial charge in [-0.3, -0.25) is 19.2 Å². The van der Waals surface area contributed by atoms with E-state index in [1.54, 1.807) is 0 Å². The van der Waals surface area contributed by atoms with Crippen molar-refractivity contribution in [1.82, 2.24) is 0 Å². The van der Waals surface area contributed by atoms with Gasteiger partial charge in [-0.1, -0.05) is 0 Å². The van der Waals surface area contributed by atoms with E-state index >= 15 is 0 Å². The molecule has 5 atom stereocenters. The third-order valence-corrected chi connectivity index (χ3v) is 2.91. The fourth-order valence-corrected chi connectivity index (χ4v) is 2.12. The minimum absolute atomic E-state index is 0.421. The van der Waals surface area contributed by atoms with Gasteiger partial charge in [-0.2, -0.15) is 0 Å². The Balaban J connectivity index is 3.08. The van der Waals surface area contributed by atoms with Crippen LogP contribution in [0.1, 0.15) is 27.7 Å². The maximum Gasteiger partial charge on any atom is 0.305 e. The highest BCUT2D eigenvalue weighted by molar-refractivity contribution is 5.68. The molecule has 0 saturated carbocycles. The van der Waals surface area contributed by atoms with E-state index in [-0.39, 0.29) is 0 Å². The fraction of sp³-hybridized carbons (Fsp3) is 0.714. The second-order valence-corrected chi connectivity index (χ2v) is 5.05. The van der Waals surface area contributed by atoms with Gasteiger partial charge in [0, 0.05) is 27.7 Å². The number of hydrogen-bond donors (Lipinski definition) is 0. The van der Waals surface area contributed by atoms with Gasteiger partial charge < -0.3 is 23.7 Å². The smallest absolute Gasteiger partial charge is 0.305 e. The van der Waals surface area contributed by atoms with Gasteiger partial charge in [0.2, 0.25) is 12.5 Å². The standard InChI is InChI=1S/C14H19FO9/c1-6(16)20-5-10-12(21-7(2)17)13(22-8(3)18)11(15)14(24-10)23-9(4)19/h10-14H,5H2,1-4H3/t10-,11+,12-,13+,14?/m1/s1. The summed E-state index contributed by atoms with van der Waals surface area (Å²) in [6, 6.07) is 0. The first-order valence-corrected chi connectivity index (χ1v) is 7.06. The molecule has 0 aromatic carbocycles. The summed E-state index contributed by atoms with van der Waals surface area (Å²) >= 11 is 0. The largest absolute Gasteiger partial charge is 0.463 e. The van der Waals surface area contributed by atoms with Crippen molar-refractivity contribution in [1.29, 1.82) is 0 Å². The lowest BCUT2D eigenvalue weighted by atomic mass is 9.99. The Morgan fingerprint density at radius 2 is 1.33 bits per heavy atom. The normalized spacial score (nSPS) is 29.3. The Bertz CT molecular complexity index is 490. The summed E-state index contributed by atoms with van der Waals surface area (Å²) in [4.78, 5) is 44.5. The first-order valence-electron chi connectivity index (χ1n) is 7.06. The zero-order valence-electron chi connectivity index (χ0n) is 13.6. The number of esters is 4. The van der Waals surface area contributed by atoms with E-state index in [0.29, 0.717) is 0 Å². The van der Waals surface area contributed by atoms with Crippen molar-refractivity contribution < 1.29 is 47.3 Å². The monoisotopic (exact) mass is 350 g/mol. The summed E-state index contributed by atoms with van der Waals surface area (Å²) in [5.41, 5.74) is 0. The van der Waals surface area contributed by atoms with Gasteiger partial charge in [0.05, 0.1) is 0 Å². The Kier molecular flexibility index (Phi) is 7.08. The Morgan fingerprint density at radius 1 is 0.833 bits per heavy atom. The maximum absolute atomic E-state index is 14.5. The highest BCUT2D eigenvalue weighted by atomic mass is 19.1. The van der Waals surface area contributed by atoms with Crippen LogP contribution in [0.15, 0.2) is 0 Å². The number of carbonyl (C=O) groups excluding carboxylic acids is 4. The summed E-state index contributed by atoms with van der Waals surface area (Å²) in [7, 11) is 0. The molecule has 10 heteroatoms. The van der Waals surface area contributed by atoms with Gasteiger partial charge in [0.15, 0.2) is 12.2 Å². The van der Waals surface area contributed by atoms with Crippen LogP contribution in [-0.2, 0) is 42.9 Å². The van der Waals surface area contributed by atoms with Crippen LogP contribution in [-0.4, -0.2) is 61.3 Å². The molecule has 0 radical (unpaired) electrons. The molecule has 1 aliphatic rings. The van der Waals surface area contributed by atoms with E-state index in [9.17, 15) is 23.6 Å². The van der Waals surface area contributed by atoms with E-state index in [1.165, 1.54) is 0 Å². The van der Waals surface area contributed by atoms with Gasteiger partial charge in [0.25, 0.3) is 0 Å². The fourth-order valence-electron chi connectivity index (χ4n) is 2.12. The van der Waals surface area contributed by atoms with Crippen LogP contribution in [0.2, 0.25) is 0 Å². The van der Waals surface area contributed by atoms with Crippen LogP contribution in [0.5, 0.6) is 0 Å². The Morgan fingerprint density at radius 3 is 1.79 bits per heavy atom. The second kappa shape index (κ2) is 8.57. The molecule has 0 aromatic rings. The van der Waals surface area contributed by atoms with Crippen molar-refractivity contribution in [2.75, 3.05) is 6.61 Å². The molecule has 1 saturated heterocycles. The van der Waals surface area contributed by atoms with Crippen LogP contribution < -0.4 is 0 Å². The minimum atomic E-state index is -2.10. The van der Waals surface area contributed by atoms with Crippen LogP contribution in [0.4, 0.5) is 4.39 Å². The molecule has 136 valence electrons. The van der Waals surface area contributed by atoms with Crippen molar-refractivity contribution in [2.24, 2.45) is 0 Å². The summed E-state index contributed by atoms with van der Waals surface area (Å²) in [5, 5.41) is 0. The van der Waals surface area contributed by atoms with Gasteiger partial charge in [-0.25, -0.2) is 4.39 Å². The predicted octanol–water partition coefficient (Wildman–Crippen LogP) is 0.0390. The Hall–Kier alpha value is -2.23. The molecule has 0 N–H and O–H groups in total. The van der Waals surface area contributed by atoms with Crippen LogP contribution in [0.25, 0.3) is 0 Å². The lowest BCUT2D eigenvalue weighted by Crippen LogP contribution is -2.60. The van der Waals surface area contributed by atoms with Crippen molar-refractivity contribution in [2.45, 2.75) is 58.5 Å².